The van der Waals surface area contributed by atoms with Crippen LogP contribution in [-0.2, 0) is 23.2 Å². The van der Waals surface area contributed by atoms with Gasteiger partial charge >= 0.3 is 0 Å². The van der Waals surface area contributed by atoms with Crippen molar-refractivity contribution in [3.63, 3.8) is 0 Å². The van der Waals surface area contributed by atoms with E-state index in [0.29, 0.717) is 6.42 Å². The highest BCUT2D eigenvalue weighted by atomic mass is 32.2. The maximum Gasteiger partial charge on any atom is 0.211 e. The topological polar surface area (TPSA) is 66.4 Å². The highest BCUT2D eigenvalue weighted by molar-refractivity contribution is 7.89. The van der Waals surface area contributed by atoms with E-state index in [-0.39, 0.29) is 18.9 Å². The SMILES string of the molecule is CCCS(=O)(=O)NCc1ccccc1CO. The summed E-state index contributed by atoms with van der Waals surface area (Å²) in [5, 5.41) is 9.07. The molecule has 0 unspecified atom stereocenters. The van der Waals surface area contributed by atoms with E-state index in [9.17, 15) is 8.42 Å². The number of hydrogen-bond acceptors (Lipinski definition) is 3. The molecule has 16 heavy (non-hydrogen) atoms. The number of aliphatic hydroxyl groups is 1. The van der Waals surface area contributed by atoms with Crippen molar-refractivity contribution in [1.29, 1.82) is 0 Å². The molecule has 2 N–H and O–H groups in total. The van der Waals surface area contributed by atoms with Crippen LogP contribution in [0, 0.1) is 0 Å². The van der Waals surface area contributed by atoms with Crippen molar-refractivity contribution in [2.24, 2.45) is 0 Å². The third-order valence-electron chi connectivity index (χ3n) is 2.24. The Morgan fingerprint density at radius 1 is 1.25 bits per heavy atom. The summed E-state index contributed by atoms with van der Waals surface area (Å²) in [5.74, 6) is 0.133. The Morgan fingerprint density at radius 3 is 2.44 bits per heavy atom. The third kappa shape index (κ3) is 3.92. The van der Waals surface area contributed by atoms with E-state index in [1.165, 1.54) is 0 Å². The minimum absolute atomic E-state index is 0.0777. The summed E-state index contributed by atoms with van der Waals surface area (Å²) in [6, 6.07) is 7.22. The minimum atomic E-state index is -3.19. The molecule has 0 saturated carbocycles. The van der Waals surface area contributed by atoms with Gasteiger partial charge in [0.15, 0.2) is 0 Å². The summed E-state index contributed by atoms with van der Waals surface area (Å²) in [6.07, 6.45) is 0.594. The van der Waals surface area contributed by atoms with E-state index in [0.717, 1.165) is 11.1 Å². The zero-order chi connectivity index (χ0) is 12.0. The second-order valence-electron chi connectivity index (χ2n) is 3.57. The number of sulfonamides is 1. The van der Waals surface area contributed by atoms with Gasteiger partial charge in [-0.15, -0.1) is 0 Å². The van der Waals surface area contributed by atoms with Crippen molar-refractivity contribution >= 4 is 10.0 Å². The molecule has 4 nitrogen and oxygen atoms in total. The quantitative estimate of drug-likeness (QED) is 0.783. The zero-order valence-corrected chi connectivity index (χ0v) is 10.1. The van der Waals surface area contributed by atoms with Crippen LogP contribution in [0.4, 0.5) is 0 Å². The van der Waals surface area contributed by atoms with Gasteiger partial charge in [-0.05, 0) is 17.5 Å². The molecular weight excluding hydrogens is 226 g/mol. The van der Waals surface area contributed by atoms with Crippen molar-refractivity contribution in [2.45, 2.75) is 26.5 Å². The molecule has 0 spiro atoms. The van der Waals surface area contributed by atoms with Crippen LogP contribution in [0.2, 0.25) is 0 Å². The maximum atomic E-state index is 11.4. The molecule has 0 aromatic heterocycles. The van der Waals surface area contributed by atoms with Gasteiger partial charge < -0.3 is 5.11 Å². The van der Waals surface area contributed by atoms with Crippen molar-refractivity contribution < 1.29 is 13.5 Å². The van der Waals surface area contributed by atoms with Crippen LogP contribution in [0.1, 0.15) is 24.5 Å². The van der Waals surface area contributed by atoms with E-state index >= 15 is 0 Å². The summed E-state index contributed by atoms with van der Waals surface area (Å²) in [7, 11) is -3.19. The van der Waals surface area contributed by atoms with Crippen molar-refractivity contribution in [1.82, 2.24) is 4.72 Å². The molecule has 0 fully saturated rings. The predicted octanol–water partition coefficient (Wildman–Crippen LogP) is 1.01. The lowest BCUT2D eigenvalue weighted by Gasteiger charge is -2.08. The smallest absolute Gasteiger partial charge is 0.211 e. The predicted molar refractivity (Wildman–Crippen MR) is 63.3 cm³/mol. The molecule has 1 rings (SSSR count). The second kappa shape index (κ2) is 5.98. The molecule has 0 aliphatic rings. The minimum Gasteiger partial charge on any atom is -0.392 e. The first-order valence-electron chi connectivity index (χ1n) is 5.24. The van der Waals surface area contributed by atoms with Crippen LogP contribution < -0.4 is 4.72 Å². The lowest BCUT2D eigenvalue weighted by molar-refractivity contribution is 0.280. The maximum absolute atomic E-state index is 11.4. The molecule has 0 amide bonds. The second-order valence-corrected chi connectivity index (χ2v) is 5.49. The van der Waals surface area contributed by atoms with Gasteiger partial charge in [0.2, 0.25) is 10.0 Å². The number of rotatable bonds is 6. The summed E-state index contributed by atoms with van der Waals surface area (Å²) < 4.78 is 25.4. The van der Waals surface area contributed by atoms with Crippen LogP contribution in [0.5, 0.6) is 0 Å². The zero-order valence-electron chi connectivity index (χ0n) is 9.31. The molecular formula is C11H17NO3S. The number of aliphatic hydroxyl groups excluding tert-OH is 1. The van der Waals surface area contributed by atoms with Crippen molar-refractivity contribution in [2.75, 3.05) is 5.75 Å². The average Bonchev–Trinajstić information content (AvgIpc) is 2.27. The molecule has 0 radical (unpaired) electrons. The normalized spacial score (nSPS) is 11.6. The fourth-order valence-corrected chi connectivity index (χ4v) is 2.47. The number of benzene rings is 1. The molecule has 0 heterocycles. The Balaban J connectivity index is 2.68. The summed E-state index contributed by atoms with van der Waals surface area (Å²) in [5.41, 5.74) is 1.56. The molecule has 0 aliphatic heterocycles. The Labute approximate surface area is 96.4 Å². The highest BCUT2D eigenvalue weighted by Gasteiger charge is 2.09. The average molecular weight is 243 g/mol. The number of nitrogens with one attached hydrogen (secondary N) is 1. The molecule has 0 atom stereocenters. The third-order valence-corrected chi connectivity index (χ3v) is 3.77. The van der Waals surface area contributed by atoms with Gasteiger partial charge in [-0.25, -0.2) is 13.1 Å². The Hall–Kier alpha value is -0.910. The monoisotopic (exact) mass is 243 g/mol. The first-order valence-corrected chi connectivity index (χ1v) is 6.89. The molecule has 90 valence electrons. The van der Waals surface area contributed by atoms with Crippen LogP contribution in [-0.4, -0.2) is 19.3 Å². The van der Waals surface area contributed by atoms with Gasteiger partial charge in [0.05, 0.1) is 12.4 Å². The standard InChI is InChI=1S/C11H17NO3S/c1-2-7-16(14,15)12-8-10-5-3-4-6-11(10)9-13/h3-6,12-13H,2,7-9H2,1H3. The lowest BCUT2D eigenvalue weighted by Crippen LogP contribution is -2.26. The van der Waals surface area contributed by atoms with Crippen LogP contribution in [0.3, 0.4) is 0 Å². The molecule has 1 aromatic carbocycles. The van der Waals surface area contributed by atoms with Crippen LogP contribution >= 0.6 is 0 Å². The van der Waals surface area contributed by atoms with Gasteiger partial charge in [-0.1, -0.05) is 31.2 Å². The molecule has 0 bridgehead atoms. The van der Waals surface area contributed by atoms with Crippen LogP contribution in [0.25, 0.3) is 0 Å². The van der Waals surface area contributed by atoms with Gasteiger partial charge in [0.25, 0.3) is 0 Å². The van der Waals surface area contributed by atoms with E-state index in [1.807, 2.05) is 19.1 Å². The van der Waals surface area contributed by atoms with E-state index in [1.54, 1.807) is 12.1 Å². The molecule has 5 heteroatoms. The van der Waals surface area contributed by atoms with E-state index in [4.69, 9.17) is 5.11 Å². The highest BCUT2D eigenvalue weighted by Crippen LogP contribution is 2.08. The van der Waals surface area contributed by atoms with Crippen molar-refractivity contribution in [3.8, 4) is 0 Å². The fourth-order valence-electron chi connectivity index (χ4n) is 1.41. The van der Waals surface area contributed by atoms with Crippen molar-refractivity contribution in [3.05, 3.63) is 35.4 Å². The van der Waals surface area contributed by atoms with Gasteiger partial charge in [-0.3, -0.25) is 0 Å². The first kappa shape index (κ1) is 13.2. The molecule has 0 saturated heterocycles. The van der Waals surface area contributed by atoms with Crippen LogP contribution in [0.15, 0.2) is 24.3 Å². The molecule has 0 aliphatic carbocycles. The largest absolute Gasteiger partial charge is 0.392 e. The fraction of sp³-hybridized carbons (Fsp3) is 0.455. The summed E-state index contributed by atoms with van der Waals surface area (Å²) in [6.45, 7) is 1.98. The van der Waals surface area contributed by atoms with Gasteiger partial charge in [0.1, 0.15) is 0 Å². The lowest BCUT2D eigenvalue weighted by atomic mass is 10.1. The van der Waals surface area contributed by atoms with E-state index in [2.05, 4.69) is 4.72 Å². The first-order chi connectivity index (χ1) is 7.59. The van der Waals surface area contributed by atoms with Gasteiger partial charge in [-0.2, -0.15) is 0 Å². The number of hydrogen-bond donors (Lipinski definition) is 2. The Kier molecular flexibility index (Phi) is 4.92. The van der Waals surface area contributed by atoms with Gasteiger partial charge in [0, 0.05) is 6.54 Å². The molecule has 1 aromatic rings. The summed E-state index contributed by atoms with van der Waals surface area (Å²) in [4.78, 5) is 0. The Morgan fingerprint density at radius 2 is 1.88 bits per heavy atom. The summed E-state index contributed by atoms with van der Waals surface area (Å²) >= 11 is 0. The Bertz CT molecular complexity index is 429. The van der Waals surface area contributed by atoms with E-state index < -0.39 is 10.0 Å².